The molecule has 19 heavy (non-hydrogen) atoms. The van der Waals surface area contributed by atoms with Gasteiger partial charge in [-0.2, -0.15) is 0 Å². The van der Waals surface area contributed by atoms with Crippen molar-refractivity contribution in [2.24, 2.45) is 0 Å². The van der Waals surface area contributed by atoms with Gasteiger partial charge in [0, 0.05) is 0 Å². The average molecular weight is 264 g/mol. The van der Waals surface area contributed by atoms with Gasteiger partial charge in [0.1, 0.15) is 12.3 Å². The van der Waals surface area contributed by atoms with E-state index >= 15 is 0 Å². The molecule has 2 aromatic rings. The minimum Gasteiger partial charge on any atom is -0.476 e. The van der Waals surface area contributed by atoms with Gasteiger partial charge in [-0.3, -0.25) is 0 Å². The number of carbonyl (C=O) groups is 1. The number of aryl methyl sites for hydroxylation is 2. The highest BCUT2D eigenvalue weighted by atomic mass is 16.4. The van der Waals surface area contributed by atoms with E-state index in [1.165, 1.54) is 4.68 Å². The van der Waals surface area contributed by atoms with Crippen LogP contribution in [0.25, 0.3) is 0 Å². The van der Waals surface area contributed by atoms with Gasteiger partial charge < -0.3 is 9.52 Å². The topological polar surface area (TPSA) is 94.0 Å². The predicted octanol–water partition coefficient (Wildman–Crippen LogP) is 1.58. The lowest BCUT2D eigenvalue weighted by atomic mass is 10.2. The minimum atomic E-state index is -1.06. The van der Waals surface area contributed by atoms with Crippen molar-refractivity contribution in [1.82, 2.24) is 20.0 Å². The van der Waals surface area contributed by atoms with Crippen LogP contribution in [0.1, 0.15) is 46.9 Å². The SMILES string of the molecule is CCCc1c(C(=O)O)nnn1Cc1nc(C)c(C)o1. The highest BCUT2D eigenvalue weighted by Crippen LogP contribution is 2.13. The molecule has 2 aromatic heterocycles. The van der Waals surface area contributed by atoms with E-state index < -0.39 is 5.97 Å². The summed E-state index contributed by atoms with van der Waals surface area (Å²) in [7, 11) is 0. The number of carboxylic acids is 1. The Morgan fingerprint density at radius 1 is 1.42 bits per heavy atom. The second-order valence-electron chi connectivity index (χ2n) is 4.35. The van der Waals surface area contributed by atoms with Crippen LogP contribution in [-0.4, -0.2) is 31.1 Å². The van der Waals surface area contributed by atoms with Crippen LogP contribution >= 0.6 is 0 Å². The Hall–Kier alpha value is -2.18. The predicted molar refractivity (Wildman–Crippen MR) is 66.1 cm³/mol. The van der Waals surface area contributed by atoms with Crippen LogP contribution in [0.2, 0.25) is 0 Å². The van der Waals surface area contributed by atoms with Crippen molar-refractivity contribution >= 4 is 5.97 Å². The van der Waals surface area contributed by atoms with Gasteiger partial charge >= 0.3 is 5.97 Å². The molecule has 0 aromatic carbocycles. The highest BCUT2D eigenvalue weighted by molar-refractivity contribution is 5.86. The summed E-state index contributed by atoms with van der Waals surface area (Å²) in [6.07, 6.45) is 1.42. The Bertz CT molecular complexity index is 581. The fraction of sp³-hybridized carbons (Fsp3) is 0.500. The van der Waals surface area contributed by atoms with Gasteiger partial charge in [0.05, 0.1) is 11.4 Å². The lowest BCUT2D eigenvalue weighted by molar-refractivity contribution is 0.0689. The van der Waals surface area contributed by atoms with Crippen molar-refractivity contribution in [1.29, 1.82) is 0 Å². The number of hydrogen-bond acceptors (Lipinski definition) is 5. The van der Waals surface area contributed by atoms with Gasteiger partial charge in [0.25, 0.3) is 0 Å². The molecule has 0 saturated carbocycles. The quantitative estimate of drug-likeness (QED) is 0.881. The molecule has 0 fully saturated rings. The molecule has 0 atom stereocenters. The number of aromatic carboxylic acids is 1. The van der Waals surface area contributed by atoms with Crippen molar-refractivity contribution in [3.8, 4) is 0 Å². The van der Waals surface area contributed by atoms with Crippen molar-refractivity contribution in [2.45, 2.75) is 40.2 Å². The van der Waals surface area contributed by atoms with E-state index in [2.05, 4.69) is 15.3 Å². The van der Waals surface area contributed by atoms with Crippen LogP contribution < -0.4 is 0 Å². The first-order valence-corrected chi connectivity index (χ1v) is 6.11. The zero-order valence-electron chi connectivity index (χ0n) is 11.2. The second kappa shape index (κ2) is 5.21. The Morgan fingerprint density at radius 3 is 2.68 bits per heavy atom. The highest BCUT2D eigenvalue weighted by Gasteiger charge is 2.19. The van der Waals surface area contributed by atoms with Gasteiger partial charge in [0.15, 0.2) is 5.69 Å². The Kier molecular flexibility index (Phi) is 3.64. The molecular weight excluding hydrogens is 248 g/mol. The standard InChI is InChI=1S/C12H16N4O3/c1-4-5-9-11(12(17)18)14-15-16(9)6-10-13-7(2)8(3)19-10/h4-6H2,1-3H3,(H,17,18). The van der Waals surface area contributed by atoms with E-state index in [0.29, 0.717) is 24.6 Å². The molecule has 0 radical (unpaired) electrons. The van der Waals surface area contributed by atoms with Crippen LogP contribution in [0.5, 0.6) is 0 Å². The van der Waals surface area contributed by atoms with Gasteiger partial charge in [0.2, 0.25) is 5.89 Å². The van der Waals surface area contributed by atoms with E-state index in [0.717, 1.165) is 17.9 Å². The molecule has 0 aliphatic heterocycles. The van der Waals surface area contributed by atoms with E-state index in [9.17, 15) is 4.79 Å². The molecule has 0 unspecified atom stereocenters. The fourth-order valence-electron chi connectivity index (χ4n) is 1.85. The summed E-state index contributed by atoms with van der Waals surface area (Å²) < 4.78 is 7.01. The van der Waals surface area contributed by atoms with E-state index in [1.54, 1.807) is 0 Å². The number of oxazole rings is 1. The van der Waals surface area contributed by atoms with Crippen molar-refractivity contribution in [2.75, 3.05) is 0 Å². The van der Waals surface area contributed by atoms with E-state index in [-0.39, 0.29) is 5.69 Å². The van der Waals surface area contributed by atoms with Gasteiger partial charge in [-0.25, -0.2) is 14.5 Å². The first-order chi connectivity index (χ1) is 9.02. The molecule has 102 valence electrons. The summed E-state index contributed by atoms with van der Waals surface area (Å²) in [5, 5.41) is 16.6. The summed E-state index contributed by atoms with van der Waals surface area (Å²) >= 11 is 0. The number of rotatable bonds is 5. The van der Waals surface area contributed by atoms with Gasteiger partial charge in [-0.15, -0.1) is 5.10 Å². The third kappa shape index (κ3) is 2.64. The van der Waals surface area contributed by atoms with Crippen LogP contribution in [0.3, 0.4) is 0 Å². The maximum absolute atomic E-state index is 11.1. The Morgan fingerprint density at radius 2 is 2.16 bits per heavy atom. The largest absolute Gasteiger partial charge is 0.476 e. The summed E-state index contributed by atoms with van der Waals surface area (Å²) in [5.74, 6) is 0.203. The second-order valence-corrected chi connectivity index (χ2v) is 4.35. The maximum Gasteiger partial charge on any atom is 0.358 e. The lowest BCUT2D eigenvalue weighted by Gasteiger charge is -2.03. The monoisotopic (exact) mass is 264 g/mol. The van der Waals surface area contributed by atoms with Crippen molar-refractivity contribution in [3.05, 3.63) is 28.7 Å². The number of nitrogens with zero attached hydrogens (tertiary/aromatic N) is 4. The third-order valence-corrected chi connectivity index (χ3v) is 2.88. The van der Waals surface area contributed by atoms with Crippen LogP contribution in [-0.2, 0) is 13.0 Å². The summed E-state index contributed by atoms with van der Waals surface area (Å²) in [6, 6.07) is 0. The van der Waals surface area contributed by atoms with E-state index in [4.69, 9.17) is 9.52 Å². The van der Waals surface area contributed by atoms with Gasteiger partial charge in [-0.05, 0) is 20.3 Å². The zero-order chi connectivity index (χ0) is 14.0. The summed E-state index contributed by atoms with van der Waals surface area (Å²) in [4.78, 5) is 15.3. The lowest BCUT2D eigenvalue weighted by Crippen LogP contribution is -2.09. The molecule has 0 saturated heterocycles. The minimum absolute atomic E-state index is 0.00171. The first kappa shape index (κ1) is 13.3. The molecule has 0 bridgehead atoms. The number of carboxylic acid groups (broad SMARTS) is 1. The summed E-state index contributed by atoms with van der Waals surface area (Å²) in [5.41, 5.74) is 1.43. The Balaban J connectivity index is 2.31. The molecule has 1 N–H and O–H groups in total. The molecule has 0 spiro atoms. The zero-order valence-corrected chi connectivity index (χ0v) is 11.2. The first-order valence-electron chi connectivity index (χ1n) is 6.11. The molecule has 2 heterocycles. The molecule has 0 aliphatic rings. The maximum atomic E-state index is 11.1. The smallest absolute Gasteiger partial charge is 0.358 e. The van der Waals surface area contributed by atoms with Gasteiger partial charge in [-0.1, -0.05) is 18.6 Å². The van der Waals surface area contributed by atoms with Crippen LogP contribution in [0.4, 0.5) is 0 Å². The van der Waals surface area contributed by atoms with E-state index in [1.807, 2.05) is 20.8 Å². The van der Waals surface area contributed by atoms with Crippen LogP contribution in [0.15, 0.2) is 4.42 Å². The van der Waals surface area contributed by atoms with Crippen LogP contribution in [0, 0.1) is 13.8 Å². The summed E-state index contributed by atoms with van der Waals surface area (Å²) in [6.45, 7) is 5.97. The van der Waals surface area contributed by atoms with Crippen molar-refractivity contribution in [3.63, 3.8) is 0 Å². The number of hydrogen-bond donors (Lipinski definition) is 1. The molecule has 0 amide bonds. The molecule has 7 heteroatoms. The molecule has 2 rings (SSSR count). The number of aromatic nitrogens is 4. The Labute approximate surface area is 110 Å². The molecular formula is C12H16N4O3. The fourth-order valence-corrected chi connectivity index (χ4v) is 1.85. The molecule has 7 nitrogen and oxygen atoms in total. The normalized spacial score (nSPS) is 10.9. The molecule has 0 aliphatic carbocycles. The average Bonchev–Trinajstić information content (AvgIpc) is 2.86. The van der Waals surface area contributed by atoms with Crippen molar-refractivity contribution < 1.29 is 14.3 Å². The third-order valence-electron chi connectivity index (χ3n) is 2.88.